The van der Waals surface area contributed by atoms with Crippen molar-refractivity contribution < 1.29 is 9.13 Å². The normalized spacial score (nSPS) is 14.9. The number of benzene rings is 1. The molecule has 94 valence electrons. The smallest absolute Gasteiger partial charge is 0.139 e. The first kappa shape index (κ1) is 12.6. The van der Waals surface area contributed by atoms with Crippen molar-refractivity contribution in [3.05, 3.63) is 22.4 Å². The number of hydrogen-bond acceptors (Lipinski definition) is 3. The van der Waals surface area contributed by atoms with Crippen LogP contribution in [0, 0.1) is 11.7 Å². The van der Waals surface area contributed by atoms with E-state index < -0.39 is 0 Å². The molecule has 3 N–H and O–H groups in total. The lowest BCUT2D eigenvalue weighted by atomic mass is 10.2. The molecule has 0 radical (unpaired) electrons. The van der Waals surface area contributed by atoms with E-state index in [-0.39, 0.29) is 5.82 Å². The van der Waals surface area contributed by atoms with Gasteiger partial charge < -0.3 is 15.8 Å². The van der Waals surface area contributed by atoms with Crippen LogP contribution in [0.1, 0.15) is 12.8 Å². The minimum atomic E-state index is -0.319. The molecular weight excluding hydrogens is 287 g/mol. The lowest BCUT2D eigenvalue weighted by Gasteiger charge is -2.10. The van der Waals surface area contributed by atoms with Crippen molar-refractivity contribution in [2.24, 2.45) is 5.92 Å². The van der Waals surface area contributed by atoms with Gasteiger partial charge >= 0.3 is 0 Å². The van der Waals surface area contributed by atoms with Crippen molar-refractivity contribution in [2.45, 2.75) is 12.8 Å². The number of rotatable bonds is 6. The van der Waals surface area contributed by atoms with Gasteiger partial charge in [0.05, 0.1) is 22.5 Å². The fraction of sp³-hybridized carbons (Fsp3) is 0.500. The Bertz CT molecular complexity index is 396. The number of nitrogen functional groups attached to an aromatic ring is 1. The van der Waals surface area contributed by atoms with Crippen molar-refractivity contribution in [3.8, 4) is 0 Å². The van der Waals surface area contributed by atoms with Crippen LogP contribution in [0.25, 0.3) is 0 Å². The maximum atomic E-state index is 13.3. The van der Waals surface area contributed by atoms with Crippen LogP contribution in [0.2, 0.25) is 0 Å². The molecule has 0 heterocycles. The summed E-state index contributed by atoms with van der Waals surface area (Å²) < 4.78 is 19.1. The van der Waals surface area contributed by atoms with Crippen LogP contribution in [0.15, 0.2) is 16.6 Å². The fourth-order valence-corrected chi connectivity index (χ4v) is 1.87. The topological polar surface area (TPSA) is 47.3 Å². The summed E-state index contributed by atoms with van der Waals surface area (Å²) in [5, 5.41) is 3.06. The third-order valence-corrected chi connectivity index (χ3v) is 3.31. The largest absolute Gasteiger partial charge is 0.397 e. The molecule has 2 rings (SSSR count). The monoisotopic (exact) mass is 302 g/mol. The molecule has 1 aromatic rings. The second-order valence-corrected chi connectivity index (χ2v) is 5.15. The van der Waals surface area contributed by atoms with E-state index in [0.29, 0.717) is 29.0 Å². The van der Waals surface area contributed by atoms with E-state index in [1.165, 1.54) is 18.9 Å². The molecule has 1 fully saturated rings. The van der Waals surface area contributed by atoms with Crippen molar-refractivity contribution >= 4 is 27.3 Å². The van der Waals surface area contributed by atoms with Gasteiger partial charge in [-0.1, -0.05) is 0 Å². The SMILES string of the molecule is Nc1cc(Br)c(F)cc1NCCOCC1CC1. The number of nitrogens with one attached hydrogen (secondary N) is 1. The molecule has 0 saturated heterocycles. The average Bonchev–Trinajstić information content (AvgIpc) is 3.08. The molecule has 17 heavy (non-hydrogen) atoms. The van der Waals surface area contributed by atoms with Crippen LogP contribution in [0.3, 0.4) is 0 Å². The zero-order valence-electron chi connectivity index (χ0n) is 9.51. The molecule has 3 nitrogen and oxygen atoms in total. The van der Waals surface area contributed by atoms with Crippen LogP contribution in [-0.2, 0) is 4.74 Å². The summed E-state index contributed by atoms with van der Waals surface area (Å²) in [5.74, 6) is 0.450. The van der Waals surface area contributed by atoms with Crippen molar-refractivity contribution in [1.82, 2.24) is 0 Å². The van der Waals surface area contributed by atoms with Crippen LogP contribution in [-0.4, -0.2) is 19.8 Å². The van der Waals surface area contributed by atoms with Gasteiger partial charge in [0.1, 0.15) is 5.82 Å². The second kappa shape index (κ2) is 5.69. The molecule has 5 heteroatoms. The summed E-state index contributed by atoms with van der Waals surface area (Å²) in [6, 6.07) is 2.95. The molecule has 1 aromatic carbocycles. The number of anilines is 2. The minimum Gasteiger partial charge on any atom is -0.397 e. The number of halogens is 2. The zero-order chi connectivity index (χ0) is 12.3. The highest BCUT2D eigenvalue weighted by atomic mass is 79.9. The average molecular weight is 303 g/mol. The van der Waals surface area contributed by atoms with Crippen molar-refractivity contribution in [3.63, 3.8) is 0 Å². The lowest BCUT2D eigenvalue weighted by molar-refractivity contribution is 0.134. The molecule has 0 amide bonds. The summed E-state index contributed by atoms with van der Waals surface area (Å²) in [6.07, 6.45) is 2.58. The molecule has 1 aliphatic carbocycles. The molecule has 0 spiro atoms. The predicted molar refractivity (Wildman–Crippen MR) is 70.5 cm³/mol. The molecule has 1 aliphatic rings. The Hall–Kier alpha value is -0.810. The van der Waals surface area contributed by atoms with E-state index in [4.69, 9.17) is 10.5 Å². The Kier molecular flexibility index (Phi) is 4.23. The van der Waals surface area contributed by atoms with Gasteiger partial charge in [-0.15, -0.1) is 0 Å². The third kappa shape index (κ3) is 3.85. The summed E-state index contributed by atoms with van der Waals surface area (Å²) in [6.45, 7) is 2.09. The van der Waals surface area contributed by atoms with Crippen LogP contribution >= 0.6 is 15.9 Å². The quantitative estimate of drug-likeness (QED) is 0.627. The highest BCUT2D eigenvalue weighted by molar-refractivity contribution is 9.10. The van der Waals surface area contributed by atoms with Crippen LogP contribution in [0.5, 0.6) is 0 Å². The van der Waals surface area contributed by atoms with E-state index in [1.54, 1.807) is 6.07 Å². The Balaban J connectivity index is 1.75. The Morgan fingerprint density at radius 2 is 2.24 bits per heavy atom. The Labute approximate surface area is 109 Å². The van der Waals surface area contributed by atoms with Gasteiger partial charge in [-0.05, 0) is 40.8 Å². The van der Waals surface area contributed by atoms with E-state index in [2.05, 4.69) is 21.2 Å². The van der Waals surface area contributed by atoms with E-state index >= 15 is 0 Å². The maximum absolute atomic E-state index is 13.3. The summed E-state index contributed by atoms with van der Waals surface area (Å²) in [5.41, 5.74) is 6.90. The van der Waals surface area contributed by atoms with Gasteiger partial charge in [-0.2, -0.15) is 0 Å². The number of ether oxygens (including phenoxy) is 1. The van der Waals surface area contributed by atoms with Gasteiger partial charge in [-0.3, -0.25) is 0 Å². The Morgan fingerprint density at radius 1 is 1.47 bits per heavy atom. The van der Waals surface area contributed by atoms with E-state index in [0.717, 1.165) is 12.5 Å². The number of nitrogens with two attached hydrogens (primary N) is 1. The summed E-state index contributed by atoms with van der Waals surface area (Å²) in [7, 11) is 0. The predicted octanol–water partition coefficient (Wildman–Crippen LogP) is 3.01. The first-order valence-corrected chi connectivity index (χ1v) is 6.52. The van der Waals surface area contributed by atoms with Gasteiger partial charge in [-0.25, -0.2) is 4.39 Å². The standard InChI is InChI=1S/C12H16BrFN2O/c13-9-5-11(15)12(6-10(9)14)16-3-4-17-7-8-1-2-8/h5-6,8,16H,1-4,7,15H2. The first-order valence-electron chi connectivity index (χ1n) is 5.73. The fourth-order valence-electron chi connectivity index (χ4n) is 1.51. The van der Waals surface area contributed by atoms with Crippen LogP contribution < -0.4 is 11.1 Å². The van der Waals surface area contributed by atoms with Crippen LogP contribution in [0.4, 0.5) is 15.8 Å². The summed E-state index contributed by atoms with van der Waals surface area (Å²) in [4.78, 5) is 0. The van der Waals surface area contributed by atoms with Gasteiger partial charge in [0.15, 0.2) is 0 Å². The molecule has 0 unspecified atom stereocenters. The van der Waals surface area contributed by atoms with E-state index in [9.17, 15) is 4.39 Å². The van der Waals surface area contributed by atoms with Crippen molar-refractivity contribution in [1.29, 1.82) is 0 Å². The molecule has 0 aliphatic heterocycles. The molecule has 0 bridgehead atoms. The third-order valence-electron chi connectivity index (χ3n) is 2.70. The van der Waals surface area contributed by atoms with Gasteiger partial charge in [0.25, 0.3) is 0 Å². The second-order valence-electron chi connectivity index (χ2n) is 4.30. The maximum Gasteiger partial charge on any atom is 0.139 e. The van der Waals surface area contributed by atoms with Gasteiger partial charge in [0.2, 0.25) is 0 Å². The summed E-state index contributed by atoms with van der Waals surface area (Å²) >= 11 is 3.09. The minimum absolute atomic E-state index is 0.319. The molecule has 0 atom stereocenters. The lowest BCUT2D eigenvalue weighted by Crippen LogP contribution is -2.12. The highest BCUT2D eigenvalue weighted by Gasteiger charge is 2.20. The molecular formula is C12H16BrFN2O. The first-order chi connectivity index (χ1) is 8.16. The van der Waals surface area contributed by atoms with Crippen molar-refractivity contribution in [2.75, 3.05) is 30.8 Å². The Morgan fingerprint density at radius 3 is 2.94 bits per heavy atom. The molecule has 0 aromatic heterocycles. The highest BCUT2D eigenvalue weighted by Crippen LogP contribution is 2.29. The molecule has 1 saturated carbocycles. The number of hydrogen-bond donors (Lipinski definition) is 2. The van der Waals surface area contributed by atoms with Gasteiger partial charge in [0, 0.05) is 19.2 Å². The van der Waals surface area contributed by atoms with E-state index in [1.807, 2.05) is 0 Å². The zero-order valence-corrected chi connectivity index (χ0v) is 11.1.